The third kappa shape index (κ3) is 4.40. The van der Waals surface area contributed by atoms with E-state index in [-0.39, 0.29) is 11.3 Å². The number of anilines is 1. The number of nitrogens with one attached hydrogen (secondary N) is 1. The summed E-state index contributed by atoms with van der Waals surface area (Å²) in [6.07, 6.45) is 0. The second-order valence-electron chi connectivity index (χ2n) is 8.46. The highest BCUT2D eigenvalue weighted by atomic mass is 16.5. The van der Waals surface area contributed by atoms with Crippen LogP contribution in [0.1, 0.15) is 17.2 Å². The van der Waals surface area contributed by atoms with Gasteiger partial charge in [0.1, 0.15) is 18.8 Å². The molecule has 0 aromatic heterocycles. The van der Waals surface area contributed by atoms with Gasteiger partial charge in [-0.05, 0) is 17.7 Å². The van der Waals surface area contributed by atoms with E-state index in [0.717, 1.165) is 30.9 Å². The summed E-state index contributed by atoms with van der Waals surface area (Å²) in [4.78, 5) is 31.1. The number of morpholine rings is 1. The van der Waals surface area contributed by atoms with Gasteiger partial charge in [0.05, 0.1) is 37.9 Å². The van der Waals surface area contributed by atoms with Crippen LogP contribution in [-0.2, 0) is 14.3 Å². The van der Waals surface area contributed by atoms with Crippen LogP contribution in [0.5, 0.6) is 0 Å². The van der Waals surface area contributed by atoms with Crippen molar-refractivity contribution in [1.82, 2.24) is 4.90 Å². The van der Waals surface area contributed by atoms with E-state index >= 15 is 0 Å². The molecule has 2 aliphatic rings. The first-order valence-corrected chi connectivity index (χ1v) is 11.0. The quantitative estimate of drug-likeness (QED) is 0.403. The summed E-state index contributed by atoms with van der Waals surface area (Å²) in [7, 11) is 3.92. The van der Waals surface area contributed by atoms with Gasteiger partial charge in [-0.2, -0.15) is 0 Å². The lowest BCUT2D eigenvalue weighted by Crippen LogP contribution is -3.14. The van der Waals surface area contributed by atoms with Gasteiger partial charge in [-0.1, -0.05) is 42.5 Å². The zero-order valence-electron chi connectivity index (χ0n) is 18.6. The Balaban J connectivity index is 1.72. The molecule has 2 aromatic carbocycles. The normalized spacial score (nSPS) is 21.2. The first-order valence-electron chi connectivity index (χ1n) is 11.0. The standard InChI is InChI=1S/C25H29N3O4/c1-26(2)20-10-8-18(9-11-20)22-21(23(29)19-6-4-3-5-7-19)24(30)25(31)28(22)13-12-27-14-16-32-17-15-27/h3-11,22,29H,12-17H2,1-2H3/p+1/t22-/m0/s1. The van der Waals surface area contributed by atoms with Gasteiger partial charge in [-0.25, -0.2) is 0 Å². The number of likely N-dealkylation sites (tertiary alicyclic amines) is 1. The van der Waals surface area contributed by atoms with Gasteiger partial charge in [0.25, 0.3) is 11.7 Å². The summed E-state index contributed by atoms with van der Waals surface area (Å²) in [6, 6.07) is 16.1. The van der Waals surface area contributed by atoms with Crippen LogP contribution in [0.15, 0.2) is 60.2 Å². The van der Waals surface area contributed by atoms with Crippen molar-refractivity contribution in [3.05, 3.63) is 71.3 Å². The van der Waals surface area contributed by atoms with Crippen molar-refractivity contribution in [2.75, 3.05) is 58.4 Å². The van der Waals surface area contributed by atoms with Crippen molar-refractivity contribution >= 4 is 23.1 Å². The fraction of sp³-hybridized carbons (Fsp3) is 0.360. The third-order valence-corrected chi connectivity index (χ3v) is 6.22. The molecule has 4 rings (SSSR count). The molecule has 2 aliphatic heterocycles. The summed E-state index contributed by atoms with van der Waals surface area (Å²) in [6.45, 7) is 4.35. The number of ether oxygens (including phenoxy) is 1. The summed E-state index contributed by atoms with van der Waals surface area (Å²) in [5, 5.41) is 11.1. The first kappa shape index (κ1) is 22.0. The number of benzene rings is 2. The predicted molar refractivity (Wildman–Crippen MR) is 123 cm³/mol. The molecule has 7 heteroatoms. The van der Waals surface area contributed by atoms with Crippen molar-refractivity contribution in [3.63, 3.8) is 0 Å². The monoisotopic (exact) mass is 436 g/mol. The zero-order valence-corrected chi connectivity index (χ0v) is 18.6. The Morgan fingerprint density at radius 1 is 1.06 bits per heavy atom. The molecule has 0 spiro atoms. The van der Waals surface area contributed by atoms with E-state index in [1.165, 1.54) is 4.90 Å². The average molecular weight is 437 g/mol. The van der Waals surface area contributed by atoms with E-state index in [4.69, 9.17) is 4.74 Å². The number of nitrogens with zero attached hydrogens (tertiary/aromatic N) is 2. The average Bonchev–Trinajstić information content (AvgIpc) is 3.08. The number of hydrogen-bond donors (Lipinski definition) is 2. The van der Waals surface area contributed by atoms with E-state index in [1.54, 1.807) is 29.2 Å². The molecule has 2 saturated heterocycles. The molecule has 168 valence electrons. The van der Waals surface area contributed by atoms with E-state index < -0.39 is 17.7 Å². The number of carbonyl (C=O) groups excluding carboxylic acids is 2. The van der Waals surface area contributed by atoms with Crippen LogP contribution in [0.3, 0.4) is 0 Å². The third-order valence-electron chi connectivity index (χ3n) is 6.22. The molecule has 2 fully saturated rings. The molecule has 2 heterocycles. The van der Waals surface area contributed by atoms with Gasteiger partial charge in [0, 0.05) is 25.3 Å². The molecule has 32 heavy (non-hydrogen) atoms. The fourth-order valence-electron chi connectivity index (χ4n) is 4.35. The molecule has 7 nitrogen and oxygen atoms in total. The van der Waals surface area contributed by atoms with Gasteiger partial charge in [0.2, 0.25) is 0 Å². The Morgan fingerprint density at radius 3 is 2.34 bits per heavy atom. The number of aliphatic hydroxyl groups excluding tert-OH is 1. The number of amides is 1. The Kier molecular flexibility index (Phi) is 6.58. The van der Waals surface area contributed by atoms with Crippen molar-refractivity contribution in [2.24, 2.45) is 0 Å². The lowest BCUT2D eigenvalue weighted by atomic mass is 9.95. The number of aliphatic hydroxyl groups is 1. The van der Waals surface area contributed by atoms with E-state index in [0.29, 0.717) is 25.3 Å². The smallest absolute Gasteiger partial charge is 0.295 e. The van der Waals surface area contributed by atoms with Crippen molar-refractivity contribution in [2.45, 2.75) is 6.04 Å². The minimum atomic E-state index is -0.634. The van der Waals surface area contributed by atoms with Gasteiger partial charge < -0.3 is 24.5 Å². The molecular formula is C25H30N3O4+. The summed E-state index contributed by atoms with van der Waals surface area (Å²) < 4.78 is 5.43. The molecule has 1 atom stereocenters. The Hall–Kier alpha value is -3.16. The summed E-state index contributed by atoms with van der Waals surface area (Å²) in [5.74, 6) is -1.33. The highest BCUT2D eigenvalue weighted by molar-refractivity contribution is 6.46. The van der Waals surface area contributed by atoms with E-state index in [1.807, 2.05) is 49.3 Å². The maximum absolute atomic E-state index is 13.1. The van der Waals surface area contributed by atoms with Crippen LogP contribution >= 0.6 is 0 Å². The molecule has 0 unspecified atom stereocenters. The number of hydrogen-bond acceptors (Lipinski definition) is 5. The largest absolute Gasteiger partial charge is 0.507 e. The van der Waals surface area contributed by atoms with Crippen LogP contribution in [0, 0.1) is 0 Å². The van der Waals surface area contributed by atoms with Gasteiger partial charge in [-0.15, -0.1) is 0 Å². The van der Waals surface area contributed by atoms with E-state index in [2.05, 4.69) is 0 Å². The number of rotatable bonds is 6. The van der Waals surface area contributed by atoms with Gasteiger partial charge in [0.15, 0.2) is 0 Å². The topological polar surface area (TPSA) is 74.5 Å². The van der Waals surface area contributed by atoms with Crippen molar-refractivity contribution in [3.8, 4) is 0 Å². The highest BCUT2D eigenvalue weighted by Gasteiger charge is 2.46. The minimum absolute atomic E-state index is 0.133. The molecule has 2 aromatic rings. The first-order chi connectivity index (χ1) is 15.5. The fourth-order valence-corrected chi connectivity index (χ4v) is 4.35. The van der Waals surface area contributed by atoms with Gasteiger partial charge in [-0.3, -0.25) is 9.59 Å². The van der Waals surface area contributed by atoms with Crippen LogP contribution in [0.25, 0.3) is 5.76 Å². The highest BCUT2D eigenvalue weighted by Crippen LogP contribution is 2.39. The molecule has 2 N–H and O–H groups in total. The molecule has 0 aliphatic carbocycles. The molecule has 1 amide bonds. The molecule has 0 bridgehead atoms. The lowest BCUT2D eigenvalue weighted by Gasteiger charge is -2.29. The predicted octanol–water partition coefficient (Wildman–Crippen LogP) is 1.09. The number of carbonyl (C=O) groups is 2. The van der Waals surface area contributed by atoms with Gasteiger partial charge >= 0.3 is 0 Å². The Morgan fingerprint density at radius 2 is 1.72 bits per heavy atom. The summed E-state index contributed by atoms with van der Waals surface area (Å²) >= 11 is 0. The zero-order chi connectivity index (χ0) is 22.7. The maximum atomic E-state index is 13.1. The van der Waals surface area contributed by atoms with E-state index in [9.17, 15) is 14.7 Å². The second-order valence-corrected chi connectivity index (χ2v) is 8.46. The Bertz CT molecular complexity index is 996. The molecule has 0 radical (unpaired) electrons. The maximum Gasteiger partial charge on any atom is 0.295 e. The Labute approximate surface area is 188 Å². The lowest BCUT2D eigenvalue weighted by molar-refractivity contribution is -0.907. The number of quaternary nitrogens is 1. The van der Waals surface area contributed by atoms with Crippen LogP contribution < -0.4 is 9.80 Å². The number of ketones is 1. The van der Waals surface area contributed by atoms with Crippen molar-refractivity contribution in [1.29, 1.82) is 0 Å². The van der Waals surface area contributed by atoms with Crippen LogP contribution in [0.4, 0.5) is 5.69 Å². The molecular weight excluding hydrogens is 406 g/mol. The van der Waals surface area contributed by atoms with Crippen LogP contribution in [-0.4, -0.2) is 75.2 Å². The minimum Gasteiger partial charge on any atom is -0.507 e. The molecule has 0 saturated carbocycles. The number of Topliss-reactive ketones (excluding diaryl/α,β-unsaturated/α-hetero) is 1. The van der Waals surface area contributed by atoms with Crippen molar-refractivity contribution < 1.29 is 24.3 Å². The summed E-state index contributed by atoms with van der Waals surface area (Å²) in [5.41, 5.74) is 2.51. The second kappa shape index (κ2) is 9.54. The SMILES string of the molecule is CN(C)c1ccc([C@H]2C(=C(O)c3ccccc3)C(=O)C(=O)N2CC[NH+]2CCOCC2)cc1. The van der Waals surface area contributed by atoms with Crippen LogP contribution in [0.2, 0.25) is 0 Å².